The summed E-state index contributed by atoms with van der Waals surface area (Å²) in [5.41, 5.74) is 1.99. The van der Waals surface area contributed by atoms with Crippen molar-refractivity contribution >= 4 is 0 Å². The van der Waals surface area contributed by atoms with Crippen molar-refractivity contribution in [1.82, 2.24) is 0 Å². The molecule has 5 heteroatoms. The molecule has 0 spiro atoms. The fourth-order valence-corrected chi connectivity index (χ4v) is 2.50. The SMILES string of the molecule is C[C@H](c1ccc(O)cc1)c1cc2c(cc1OCCO)OCO2. The summed E-state index contributed by atoms with van der Waals surface area (Å²) < 4.78 is 16.5. The number of hydrogen-bond acceptors (Lipinski definition) is 5. The summed E-state index contributed by atoms with van der Waals surface area (Å²) in [5.74, 6) is 2.28. The number of phenolic OH excluding ortho intramolecular Hbond substituents is 1. The minimum absolute atomic E-state index is 0.0452. The lowest BCUT2D eigenvalue weighted by Gasteiger charge is -2.18. The Balaban J connectivity index is 1.98. The number of aromatic hydroxyl groups is 1. The lowest BCUT2D eigenvalue weighted by atomic mass is 9.92. The topological polar surface area (TPSA) is 68.2 Å². The van der Waals surface area contributed by atoms with E-state index in [-0.39, 0.29) is 31.7 Å². The predicted molar refractivity (Wildman–Crippen MR) is 80.8 cm³/mol. The van der Waals surface area contributed by atoms with Gasteiger partial charge in [-0.1, -0.05) is 19.1 Å². The molecular formula is C17H18O5. The fourth-order valence-electron chi connectivity index (χ4n) is 2.50. The van der Waals surface area contributed by atoms with Crippen molar-refractivity contribution in [2.45, 2.75) is 12.8 Å². The van der Waals surface area contributed by atoms with Crippen molar-refractivity contribution in [2.75, 3.05) is 20.0 Å². The van der Waals surface area contributed by atoms with E-state index in [1.165, 1.54) is 0 Å². The van der Waals surface area contributed by atoms with E-state index in [1.54, 1.807) is 18.2 Å². The Morgan fingerprint density at radius 2 is 1.82 bits per heavy atom. The number of phenols is 1. The summed E-state index contributed by atoms with van der Waals surface area (Å²) in [6.07, 6.45) is 0. The van der Waals surface area contributed by atoms with Gasteiger partial charge in [-0.25, -0.2) is 0 Å². The largest absolute Gasteiger partial charge is 0.508 e. The van der Waals surface area contributed by atoms with Crippen LogP contribution in [0, 0.1) is 0 Å². The molecule has 1 aliphatic rings. The lowest BCUT2D eigenvalue weighted by molar-refractivity contribution is 0.173. The van der Waals surface area contributed by atoms with E-state index in [1.807, 2.05) is 18.2 Å². The van der Waals surface area contributed by atoms with Gasteiger partial charge >= 0.3 is 0 Å². The Labute approximate surface area is 128 Å². The van der Waals surface area contributed by atoms with Crippen molar-refractivity contribution in [1.29, 1.82) is 0 Å². The fraction of sp³-hybridized carbons (Fsp3) is 0.294. The summed E-state index contributed by atoms with van der Waals surface area (Å²) in [6.45, 7) is 2.41. The van der Waals surface area contributed by atoms with Crippen LogP contribution in [0.4, 0.5) is 0 Å². The Morgan fingerprint density at radius 1 is 1.14 bits per heavy atom. The first-order valence-corrected chi connectivity index (χ1v) is 7.15. The number of hydrogen-bond donors (Lipinski definition) is 2. The molecular weight excluding hydrogens is 284 g/mol. The molecule has 1 atom stereocenters. The highest BCUT2D eigenvalue weighted by Gasteiger charge is 2.22. The van der Waals surface area contributed by atoms with Gasteiger partial charge in [-0.2, -0.15) is 0 Å². The summed E-state index contributed by atoms with van der Waals surface area (Å²) in [7, 11) is 0. The highest BCUT2D eigenvalue weighted by Crippen LogP contribution is 2.42. The Kier molecular flexibility index (Phi) is 4.06. The third-order valence-electron chi connectivity index (χ3n) is 3.71. The molecule has 1 heterocycles. The van der Waals surface area contributed by atoms with Gasteiger partial charge < -0.3 is 24.4 Å². The first kappa shape index (κ1) is 14.5. The molecule has 1 aliphatic heterocycles. The van der Waals surface area contributed by atoms with Crippen LogP contribution in [0.15, 0.2) is 36.4 Å². The molecule has 3 rings (SSSR count). The molecule has 0 amide bonds. The van der Waals surface area contributed by atoms with E-state index in [9.17, 15) is 5.11 Å². The van der Waals surface area contributed by atoms with Gasteiger partial charge in [-0.05, 0) is 23.8 Å². The lowest BCUT2D eigenvalue weighted by Crippen LogP contribution is -2.06. The molecule has 0 aromatic heterocycles. The van der Waals surface area contributed by atoms with Gasteiger partial charge in [0.05, 0.1) is 6.61 Å². The van der Waals surface area contributed by atoms with E-state index in [2.05, 4.69) is 6.92 Å². The van der Waals surface area contributed by atoms with Crippen molar-refractivity contribution < 1.29 is 24.4 Å². The van der Waals surface area contributed by atoms with Crippen LogP contribution in [0.5, 0.6) is 23.0 Å². The van der Waals surface area contributed by atoms with E-state index >= 15 is 0 Å². The average molecular weight is 302 g/mol. The van der Waals surface area contributed by atoms with Gasteiger partial charge in [-0.3, -0.25) is 0 Å². The molecule has 0 aliphatic carbocycles. The van der Waals surface area contributed by atoms with Crippen LogP contribution >= 0.6 is 0 Å². The van der Waals surface area contributed by atoms with E-state index in [0.717, 1.165) is 11.1 Å². The first-order valence-electron chi connectivity index (χ1n) is 7.15. The smallest absolute Gasteiger partial charge is 0.231 e. The van der Waals surface area contributed by atoms with Gasteiger partial charge in [-0.15, -0.1) is 0 Å². The quantitative estimate of drug-likeness (QED) is 0.888. The van der Waals surface area contributed by atoms with Crippen molar-refractivity contribution in [3.8, 4) is 23.0 Å². The number of aliphatic hydroxyl groups excluding tert-OH is 1. The summed E-state index contributed by atoms with van der Waals surface area (Å²) in [4.78, 5) is 0. The van der Waals surface area contributed by atoms with Gasteiger partial charge in [0, 0.05) is 17.5 Å². The molecule has 116 valence electrons. The predicted octanol–water partition coefficient (Wildman–Crippen LogP) is 2.64. The van der Waals surface area contributed by atoms with Crippen LogP contribution < -0.4 is 14.2 Å². The zero-order valence-corrected chi connectivity index (χ0v) is 12.3. The molecule has 0 bridgehead atoms. The maximum atomic E-state index is 9.42. The molecule has 0 saturated heterocycles. The monoisotopic (exact) mass is 302 g/mol. The van der Waals surface area contributed by atoms with Crippen LogP contribution in [0.1, 0.15) is 24.0 Å². The second-order valence-corrected chi connectivity index (χ2v) is 5.13. The van der Waals surface area contributed by atoms with Crippen molar-refractivity contribution in [3.63, 3.8) is 0 Å². The molecule has 2 N–H and O–H groups in total. The molecule has 0 fully saturated rings. The van der Waals surface area contributed by atoms with Crippen molar-refractivity contribution in [2.24, 2.45) is 0 Å². The minimum atomic E-state index is -0.0541. The number of benzene rings is 2. The molecule has 2 aromatic rings. The standard InChI is InChI=1S/C17H18O5/c1-11(12-2-4-13(19)5-3-12)14-8-16-17(22-10-21-16)9-15(14)20-7-6-18/h2-5,8-9,11,18-19H,6-7,10H2,1H3/t11-/m1/s1. The van der Waals surface area contributed by atoms with Crippen LogP contribution in [-0.2, 0) is 0 Å². The number of fused-ring (bicyclic) bond motifs is 1. The number of ether oxygens (including phenoxy) is 3. The number of aliphatic hydroxyl groups is 1. The van der Waals surface area contributed by atoms with E-state index in [0.29, 0.717) is 17.2 Å². The zero-order chi connectivity index (χ0) is 15.5. The zero-order valence-electron chi connectivity index (χ0n) is 12.3. The van der Waals surface area contributed by atoms with E-state index in [4.69, 9.17) is 19.3 Å². The normalized spacial score (nSPS) is 13.9. The maximum absolute atomic E-state index is 9.42. The highest BCUT2D eigenvalue weighted by molar-refractivity contribution is 5.54. The molecule has 2 aromatic carbocycles. The Bertz CT molecular complexity index is 651. The second-order valence-electron chi connectivity index (χ2n) is 5.13. The van der Waals surface area contributed by atoms with Crippen LogP contribution in [0.3, 0.4) is 0 Å². The molecule has 0 saturated carbocycles. The van der Waals surface area contributed by atoms with E-state index < -0.39 is 0 Å². The number of rotatable bonds is 5. The van der Waals surface area contributed by atoms with Gasteiger partial charge in [0.15, 0.2) is 11.5 Å². The molecule has 0 radical (unpaired) electrons. The van der Waals surface area contributed by atoms with Crippen LogP contribution in [0.25, 0.3) is 0 Å². The summed E-state index contributed by atoms with van der Waals surface area (Å²) >= 11 is 0. The van der Waals surface area contributed by atoms with Crippen molar-refractivity contribution in [3.05, 3.63) is 47.5 Å². The highest BCUT2D eigenvalue weighted by atomic mass is 16.7. The third kappa shape index (κ3) is 2.80. The third-order valence-corrected chi connectivity index (χ3v) is 3.71. The van der Waals surface area contributed by atoms with Crippen LogP contribution in [-0.4, -0.2) is 30.2 Å². The minimum Gasteiger partial charge on any atom is -0.508 e. The molecule has 22 heavy (non-hydrogen) atoms. The first-order chi connectivity index (χ1) is 10.7. The van der Waals surface area contributed by atoms with Crippen LogP contribution in [0.2, 0.25) is 0 Å². The second kappa shape index (κ2) is 6.15. The Morgan fingerprint density at radius 3 is 2.50 bits per heavy atom. The van der Waals surface area contributed by atoms with Gasteiger partial charge in [0.25, 0.3) is 0 Å². The maximum Gasteiger partial charge on any atom is 0.231 e. The molecule has 5 nitrogen and oxygen atoms in total. The average Bonchev–Trinajstić information content (AvgIpc) is 2.99. The molecule has 0 unspecified atom stereocenters. The van der Waals surface area contributed by atoms with Gasteiger partial charge in [0.1, 0.15) is 18.1 Å². The summed E-state index contributed by atoms with van der Waals surface area (Å²) in [5, 5.41) is 18.4. The van der Waals surface area contributed by atoms with Gasteiger partial charge in [0.2, 0.25) is 6.79 Å². The Hall–Kier alpha value is -2.40. The summed E-state index contributed by atoms with van der Waals surface area (Å²) in [6, 6.07) is 10.8.